The Morgan fingerprint density at radius 3 is 2.33 bits per heavy atom. The molecule has 0 unspecified atom stereocenters. The van der Waals surface area contributed by atoms with Gasteiger partial charge >= 0.3 is 0 Å². The molecule has 2 aromatic rings. The SMILES string of the molecule is CC(C)(C)c1n[nH]c2cc(F)c(F)cc12. The van der Waals surface area contributed by atoms with Crippen molar-refractivity contribution >= 4 is 10.9 Å². The summed E-state index contributed by atoms with van der Waals surface area (Å²) in [5, 5.41) is 7.44. The van der Waals surface area contributed by atoms with Gasteiger partial charge in [0, 0.05) is 16.9 Å². The molecule has 0 aliphatic rings. The van der Waals surface area contributed by atoms with Gasteiger partial charge in [0.2, 0.25) is 0 Å². The van der Waals surface area contributed by atoms with Gasteiger partial charge in [-0.05, 0) is 6.07 Å². The van der Waals surface area contributed by atoms with Gasteiger partial charge in [-0.15, -0.1) is 0 Å². The lowest BCUT2D eigenvalue weighted by Gasteiger charge is -2.15. The zero-order valence-electron chi connectivity index (χ0n) is 8.86. The van der Waals surface area contributed by atoms with Crippen LogP contribution in [0, 0.1) is 11.6 Å². The van der Waals surface area contributed by atoms with Gasteiger partial charge in [0.05, 0.1) is 11.2 Å². The number of nitrogens with one attached hydrogen (secondary N) is 1. The Labute approximate surface area is 86.3 Å². The zero-order chi connectivity index (χ0) is 11.2. The smallest absolute Gasteiger partial charge is 0.160 e. The molecule has 2 rings (SSSR count). The van der Waals surface area contributed by atoms with E-state index < -0.39 is 11.6 Å². The van der Waals surface area contributed by atoms with Crippen molar-refractivity contribution < 1.29 is 8.78 Å². The average molecular weight is 210 g/mol. The third-order valence-corrected chi connectivity index (χ3v) is 2.31. The molecule has 0 bridgehead atoms. The molecule has 0 saturated heterocycles. The fraction of sp³-hybridized carbons (Fsp3) is 0.364. The molecule has 1 aromatic carbocycles. The summed E-state index contributed by atoms with van der Waals surface area (Å²) in [6.45, 7) is 5.93. The van der Waals surface area contributed by atoms with Gasteiger partial charge in [-0.1, -0.05) is 20.8 Å². The second-order valence-electron chi connectivity index (χ2n) is 4.63. The highest BCUT2D eigenvalue weighted by Gasteiger charge is 2.21. The quantitative estimate of drug-likeness (QED) is 0.711. The lowest BCUT2D eigenvalue weighted by Crippen LogP contribution is -2.12. The number of benzene rings is 1. The van der Waals surface area contributed by atoms with Crippen LogP contribution in [0.3, 0.4) is 0 Å². The van der Waals surface area contributed by atoms with E-state index in [1.54, 1.807) is 0 Å². The minimum atomic E-state index is -0.855. The van der Waals surface area contributed by atoms with E-state index in [2.05, 4.69) is 10.2 Å². The Kier molecular flexibility index (Phi) is 2.03. The Balaban J connectivity index is 2.75. The fourth-order valence-corrected chi connectivity index (χ4v) is 1.58. The summed E-state index contributed by atoms with van der Waals surface area (Å²) in [5.74, 6) is -1.69. The van der Waals surface area contributed by atoms with Crippen LogP contribution in [-0.4, -0.2) is 10.2 Å². The molecule has 2 nitrogen and oxygen atoms in total. The molecule has 80 valence electrons. The first-order chi connectivity index (χ1) is 6.89. The summed E-state index contributed by atoms with van der Waals surface area (Å²) in [6, 6.07) is 2.32. The Morgan fingerprint density at radius 1 is 1.13 bits per heavy atom. The zero-order valence-corrected chi connectivity index (χ0v) is 8.86. The molecule has 4 heteroatoms. The van der Waals surface area contributed by atoms with Crippen molar-refractivity contribution in [1.29, 1.82) is 0 Å². The average Bonchev–Trinajstić information content (AvgIpc) is 2.47. The Bertz CT molecular complexity index is 509. The topological polar surface area (TPSA) is 28.7 Å². The lowest BCUT2D eigenvalue weighted by molar-refractivity contribution is 0.510. The molecule has 1 heterocycles. The molecule has 15 heavy (non-hydrogen) atoms. The molecule has 0 spiro atoms. The minimum Gasteiger partial charge on any atom is -0.277 e. The Morgan fingerprint density at radius 2 is 1.73 bits per heavy atom. The second kappa shape index (κ2) is 3.02. The predicted octanol–water partition coefficient (Wildman–Crippen LogP) is 3.14. The van der Waals surface area contributed by atoms with Crippen LogP contribution in [0.4, 0.5) is 8.78 Å². The Hall–Kier alpha value is -1.45. The molecular formula is C11H12F2N2. The largest absolute Gasteiger partial charge is 0.277 e. The molecular weight excluding hydrogens is 198 g/mol. The van der Waals surface area contributed by atoms with E-state index in [4.69, 9.17) is 0 Å². The summed E-state index contributed by atoms with van der Waals surface area (Å²) in [6.07, 6.45) is 0. The van der Waals surface area contributed by atoms with Crippen LogP contribution in [0.5, 0.6) is 0 Å². The second-order valence-corrected chi connectivity index (χ2v) is 4.63. The number of hydrogen-bond acceptors (Lipinski definition) is 1. The number of aromatic amines is 1. The first-order valence-corrected chi connectivity index (χ1v) is 4.73. The number of nitrogens with zero attached hydrogens (tertiary/aromatic N) is 1. The van der Waals surface area contributed by atoms with Gasteiger partial charge in [0.15, 0.2) is 11.6 Å². The fourth-order valence-electron chi connectivity index (χ4n) is 1.58. The van der Waals surface area contributed by atoms with Crippen molar-refractivity contribution in [3.63, 3.8) is 0 Å². The summed E-state index contributed by atoms with van der Waals surface area (Å²) >= 11 is 0. The van der Waals surface area contributed by atoms with Gasteiger partial charge < -0.3 is 0 Å². The number of fused-ring (bicyclic) bond motifs is 1. The highest BCUT2D eigenvalue weighted by Crippen LogP contribution is 2.28. The summed E-state index contributed by atoms with van der Waals surface area (Å²) in [7, 11) is 0. The number of H-pyrrole nitrogens is 1. The highest BCUT2D eigenvalue weighted by atomic mass is 19.2. The van der Waals surface area contributed by atoms with Crippen LogP contribution in [0.1, 0.15) is 26.5 Å². The van der Waals surface area contributed by atoms with Crippen LogP contribution in [0.15, 0.2) is 12.1 Å². The highest BCUT2D eigenvalue weighted by molar-refractivity contribution is 5.82. The van der Waals surface area contributed by atoms with Crippen LogP contribution in [-0.2, 0) is 5.41 Å². The first-order valence-electron chi connectivity index (χ1n) is 4.73. The predicted molar refractivity (Wildman–Crippen MR) is 54.7 cm³/mol. The maximum absolute atomic E-state index is 13.1. The molecule has 0 radical (unpaired) electrons. The molecule has 0 atom stereocenters. The van der Waals surface area contributed by atoms with Gasteiger partial charge in [-0.25, -0.2) is 8.78 Å². The van der Waals surface area contributed by atoms with E-state index in [0.29, 0.717) is 10.9 Å². The van der Waals surface area contributed by atoms with E-state index in [0.717, 1.165) is 11.8 Å². The standard InChI is InChI=1S/C11H12F2N2/c1-11(2,3)10-6-4-7(12)8(13)5-9(6)14-15-10/h4-5H,1-3H3,(H,14,15). The minimum absolute atomic E-state index is 0.192. The van der Waals surface area contributed by atoms with E-state index in [1.807, 2.05) is 20.8 Å². The van der Waals surface area contributed by atoms with Crippen molar-refractivity contribution in [3.05, 3.63) is 29.5 Å². The van der Waals surface area contributed by atoms with Crippen LogP contribution in [0.25, 0.3) is 10.9 Å². The van der Waals surface area contributed by atoms with Gasteiger partial charge in [0.1, 0.15) is 0 Å². The maximum atomic E-state index is 13.1. The molecule has 0 aliphatic carbocycles. The molecule has 0 saturated carbocycles. The summed E-state index contributed by atoms with van der Waals surface area (Å²) in [4.78, 5) is 0. The number of rotatable bonds is 0. The molecule has 0 amide bonds. The molecule has 1 aromatic heterocycles. The normalized spacial score (nSPS) is 12.3. The van der Waals surface area contributed by atoms with Crippen LogP contribution < -0.4 is 0 Å². The number of halogens is 2. The van der Waals surface area contributed by atoms with Crippen molar-refractivity contribution in [3.8, 4) is 0 Å². The lowest BCUT2D eigenvalue weighted by atomic mass is 9.90. The molecule has 1 N–H and O–H groups in total. The van der Waals surface area contributed by atoms with E-state index in [1.165, 1.54) is 6.07 Å². The first kappa shape index (κ1) is 10.1. The summed E-state index contributed by atoms with van der Waals surface area (Å²) < 4.78 is 26.0. The van der Waals surface area contributed by atoms with E-state index in [9.17, 15) is 8.78 Å². The monoisotopic (exact) mass is 210 g/mol. The van der Waals surface area contributed by atoms with Gasteiger partial charge in [-0.2, -0.15) is 5.10 Å². The van der Waals surface area contributed by atoms with Gasteiger partial charge in [-0.3, -0.25) is 5.10 Å². The van der Waals surface area contributed by atoms with Crippen molar-refractivity contribution in [2.45, 2.75) is 26.2 Å². The van der Waals surface area contributed by atoms with Crippen LogP contribution >= 0.6 is 0 Å². The van der Waals surface area contributed by atoms with Crippen molar-refractivity contribution in [1.82, 2.24) is 10.2 Å². The number of hydrogen-bond donors (Lipinski definition) is 1. The third kappa shape index (κ3) is 1.60. The number of aromatic nitrogens is 2. The van der Waals surface area contributed by atoms with E-state index in [-0.39, 0.29) is 5.41 Å². The van der Waals surface area contributed by atoms with E-state index >= 15 is 0 Å². The molecule has 0 fully saturated rings. The third-order valence-electron chi connectivity index (χ3n) is 2.31. The van der Waals surface area contributed by atoms with Crippen molar-refractivity contribution in [2.24, 2.45) is 0 Å². The maximum Gasteiger partial charge on any atom is 0.160 e. The van der Waals surface area contributed by atoms with Gasteiger partial charge in [0.25, 0.3) is 0 Å². The summed E-state index contributed by atoms with van der Waals surface area (Å²) in [5.41, 5.74) is 1.08. The van der Waals surface area contributed by atoms with Crippen LogP contribution in [0.2, 0.25) is 0 Å². The van der Waals surface area contributed by atoms with Crippen molar-refractivity contribution in [2.75, 3.05) is 0 Å². The molecule has 0 aliphatic heterocycles.